The highest BCUT2D eigenvalue weighted by molar-refractivity contribution is 7.91. The van der Waals surface area contributed by atoms with E-state index in [-0.39, 0.29) is 21.7 Å². The SMILES string of the molecule is O=C(C[C@H]1C[C@H]2CC[C@H]1C2)Oc1ccc(S(=O)(=O)c2ccc(OC(=O)C[C@H]3C[C@H]4CC[C@H]3C4)cc2)cc1. The van der Waals surface area contributed by atoms with E-state index in [1.54, 1.807) is 0 Å². The predicted octanol–water partition coefficient (Wildman–Crippen LogP) is 5.98. The van der Waals surface area contributed by atoms with Gasteiger partial charge in [0, 0.05) is 12.8 Å². The van der Waals surface area contributed by atoms with Crippen molar-refractivity contribution in [1.29, 1.82) is 0 Å². The van der Waals surface area contributed by atoms with E-state index in [0.717, 1.165) is 24.7 Å². The largest absolute Gasteiger partial charge is 0.427 e. The minimum Gasteiger partial charge on any atom is -0.427 e. The van der Waals surface area contributed by atoms with Gasteiger partial charge < -0.3 is 9.47 Å². The number of fused-ring (bicyclic) bond motifs is 4. The molecule has 0 N–H and O–H groups in total. The summed E-state index contributed by atoms with van der Waals surface area (Å²) < 4.78 is 37.2. The minimum atomic E-state index is -3.76. The van der Waals surface area contributed by atoms with E-state index in [9.17, 15) is 18.0 Å². The fourth-order valence-electron chi connectivity index (χ4n) is 7.54. The second kappa shape index (κ2) is 9.90. The maximum Gasteiger partial charge on any atom is 0.311 e. The first-order valence-electron chi connectivity index (χ1n) is 13.7. The lowest BCUT2D eigenvalue weighted by molar-refractivity contribution is -0.136. The van der Waals surface area contributed by atoms with Crippen LogP contribution >= 0.6 is 0 Å². The normalized spacial score (nSPS) is 29.9. The molecule has 4 aliphatic rings. The van der Waals surface area contributed by atoms with Crippen molar-refractivity contribution in [3.8, 4) is 11.5 Å². The van der Waals surface area contributed by atoms with Gasteiger partial charge in [0.05, 0.1) is 9.79 Å². The van der Waals surface area contributed by atoms with Gasteiger partial charge in [-0.25, -0.2) is 8.42 Å². The number of hydrogen-bond donors (Lipinski definition) is 0. The van der Waals surface area contributed by atoms with E-state index < -0.39 is 9.84 Å². The van der Waals surface area contributed by atoms with Crippen molar-refractivity contribution in [2.75, 3.05) is 0 Å². The summed E-state index contributed by atoms with van der Waals surface area (Å²) in [7, 11) is -3.76. The molecule has 6 atom stereocenters. The van der Waals surface area contributed by atoms with E-state index in [1.165, 1.54) is 87.1 Å². The van der Waals surface area contributed by atoms with Crippen LogP contribution in [0.25, 0.3) is 0 Å². The highest BCUT2D eigenvalue weighted by Gasteiger charge is 2.41. The van der Waals surface area contributed by atoms with Crippen LogP contribution in [0, 0.1) is 35.5 Å². The van der Waals surface area contributed by atoms with Crippen molar-refractivity contribution in [3.63, 3.8) is 0 Å². The molecule has 7 heteroatoms. The van der Waals surface area contributed by atoms with Gasteiger partial charge in [0.2, 0.25) is 9.84 Å². The number of rotatable bonds is 8. The fourth-order valence-corrected chi connectivity index (χ4v) is 8.80. The summed E-state index contributed by atoms with van der Waals surface area (Å²) in [6.07, 6.45) is 10.6. The number of carbonyl (C=O) groups is 2. The average Bonchev–Trinajstić information content (AvgIpc) is 3.67. The number of benzene rings is 2. The molecule has 2 aromatic rings. The first kappa shape index (κ1) is 24.7. The summed E-state index contributed by atoms with van der Waals surface area (Å²) in [5, 5.41) is 0. The molecule has 2 aromatic carbocycles. The lowest BCUT2D eigenvalue weighted by atomic mass is 9.86. The van der Waals surface area contributed by atoms with Gasteiger partial charge in [-0.2, -0.15) is 0 Å². The molecule has 4 saturated carbocycles. The van der Waals surface area contributed by atoms with Crippen molar-refractivity contribution in [2.24, 2.45) is 35.5 Å². The molecule has 37 heavy (non-hydrogen) atoms. The van der Waals surface area contributed by atoms with Crippen LogP contribution in [-0.4, -0.2) is 20.4 Å². The Hall–Kier alpha value is -2.67. The molecule has 0 unspecified atom stereocenters. The highest BCUT2D eigenvalue weighted by Crippen LogP contribution is 2.50. The summed E-state index contributed by atoms with van der Waals surface area (Å²) in [4.78, 5) is 25.0. The maximum absolute atomic E-state index is 13.1. The van der Waals surface area contributed by atoms with E-state index in [4.69, 9.17) is 9.47 Å². The Labute approximate surface area is 218 Å². The molecule has 6 rings (SSSR count). The second-order valence-corrected chi connectivity index (χ2v) is 13.6. The van der Waals surface area contributed by atoms with E-state index in [1.807, 2.05) is 0 Å². The third kappa shape index (κ3) is 5.20. The van der Waals surface area contributed by atoms with E-state index in [0.29, 0.717) is 48.0 Å². The Kier molecular flexibility index (Phi) is 6.59. The van der Waals surface area contributed by atoms with Crippen LogP contribution in [-0.2, 0) is 19.4 Å². The van der Waals surface area contributed by atoms with Gasteiger partial charge in [0.1, 0.15) is 11.5 Å². The van der Waals surface area contributed by atoms with Crippen molar-refractivity contribution in [3.05, 3.63) is 48.5 Å². The van der Waals surface area contributed by atoms with Gasteiger partial charge in [0.25, 0.3) is 0 Å². The number of sulfone groups is 1. The Morgan fingerprint density at radius 2 is 1.03 bits per heavy atom. The third-order valence-electron chi connectivity index (χ3n) is 9.36. The standard InChI is InChI=1S/C30H34O6S/c31-29(17-23-15-19-1-3-21(23)13-19)35-25-5-9-27(10-6-25)37(33,34)28-11-7-26(8-12-28)36-30(32)18-24-16-20-2-4-22(24)14-20/h5-12,19-24H,1-4,13-18H2/t19-,20-,21-,22-,23+,24+/m0/s1. The topological polar surface area (TPSA) is 86.7 Å². The van der Waals surface area contributed by atoms with Crippen LogP contribution in [0.15, 0.2) is 58.3 Å². The third-order valence-corrected chi connectivity index (χ3v) is 11.1. The molecule has 6 nitrogen and oxygen atoms in total. The smallest absolute Gasteiger partial charge is 0.311 e. The first-order valence-corrected chi connectivity index (χ1v) is 15.2. The Morgan fingerprint density at radius 3 is 1.35 bits per heavy atom. The maximum atomic E-state index is 13.1. The van der Waals surface area contributed by atoms with Crippen LogP contribution in [0.3, 0.4) is 0 Å². The van der Waals surface area contributed by atoms with E-state index in [2.05, 4.69) is 0 Å². The highest BCUT2D eigenvalue weighted by atomic mass is 32.2. The van der Waals surface area contributed by atoms with Gasteiger partial charge in [-0.1, -0.05) is 12.8 Å². The van der Waals surface area contributed by atoms with Crippen LogP contribution < -0.4 is 9.47 Å². The number of hydrogen-bond acceptors (Lipinski definition) is 6. The zero-order valence-electron chi connectivity index (χ0n) is 21.0. The molecule has 0 aromatic heterocycles. The van der Waals surface area contributed by atoms with Gasteiger partial charge in [-0.05, 0) is 123 Å². The van der Waals surface area contributed by atoms with Crippen molar-refractivity contribution in [2.45, 2.75) is 74.0 Å². The molecule has 4 aliphatic carbocycles. The molecular weight excluding hydrogens is 488 g/mol. The minimum absolute atomic E-state index is 0.112. The molecule has 4 bridgehead atoms. The summed E-state index contributed by atoms with van der Waals surface area (Å²) >= 11 is 0. The van der Waals surface area contributed by atoms with Crippen molar-refractivity contribution < 1.29 is 27.5 Å². The average molecular weight is 523 g/mol. The monoisotopic (exact) mass is 522 g/mol. The summed E-state index contributed by atoms with van der Waals surface area (Å²) in [5.41, 5.74) is 0. The molecular formula is C30H34O6S. The van der Waals surface area contributed by atoms with Gasteiger partial charge in [-0.3, -0.25) is 9.59 Å². The molecule has 0 aliphatic heterocycles. The zero-order chi connectivity index (χ0) is 25.6. The molecule has 0 amide bonds. The number of carbonyl (C=O) groups excluding carboxylic acids is 2. The molecule has 0 saturated heterocycles. The quantitative estimate of drug-likeness (QED) is 0.313. The zero-order valence-corrected chi connectivity index (χ0v) is 21.8. The Balaban J connectivity index is 1.03. The Bertz CT molecular complexity index is 1170. The van der Waals surface area contributed by atoms with Gasteiger partial charge in [0.15, 0.2) is 0 Å². The second-order valence-electron chi connectivity index (χ2n) is 11.7. The molecule has 0 radical (unpaired) electrons. The van der Waals surface area contributed by atoms with Gasteiger partial charge in [-0.15, -0.1) is 0 Å². The molecule has 196 valence electrons. The summed E-state index contributed by atoms with van der Waals surface area (Å²) in [5.74, 6) is 3.91. The van der Waals surface area contributed by atoms with Crippen LogP contribution in [0.1, 0.15) is 64.2 Å². The van der Waals surface area contributed by atoms with Gasteiger partial charge >= 0.3 is 11.9 Å². The van der Waals surface area contributed by atoms with Crippen LogP contribution in [0.4, 0.5) is 0 Å². The molecule has 4 fully saturated rings. The fraction of sp³-hybridized carbons (Fsp3) is 0.533. The predicted molar refractivity (Wildman–Crippen MR) is 137 cm³/mol. The number of ether oxygens (including phenoxy) is 2. The Morgan fingerprint density at radius 1 is 0.622 bits per heavy atom. The first-order chi connectivity index (χ1) is 17.8. The summed E-state index contributed by atoms with van der Waals surface area (Å²) in [6.45, 7) is 0. The number of esters is 2. The van der Waals surface area contributed by atoms with Crippen LogP contribution in [0.5, 0.6) is 11.5 Å². The van der Waals surface area contributed by atoms with Crippen molar-refractivity contribution >= 4 is 21.8 Å². The lowest BCUT2D eigenvalue weighted by Crippen LogP contribution is -2.18. The van der Waals surface area contributed by atoms with Crippen molar-refractivity contribution in [1.82, 2.24) is 0 Å². The molecule has 0 spiro atoms. The lowest BCUT2D eigenvalue weighted by Gasteiger charge is -2.20. The molecule has 0 heterocycles. The summed E-state index contributed by atoms with van der Waals surface area (Å²) in [6, 6.07) is 11.9. The van der Waals surface area contributed by atoms with E-state index >= 15 is 0 Å². The van der Waals surface area contributed by atoms with Crippen LogP contribution in [0.2, 0.25) is 0 Å².